The fraction of sp³-hybridized carbons (Fsp3) is 0.588. The lowest BCUT2D eigenvalue weighted by Gasteiger charge is -2.26. The van der Waals surface area contributed by atoms with E-state index in [0.29, 0.717) is 11.3 Å². The second-order valence-corrected chi connectivity index (χ2v) is 6.20. The summed E-state index contributed by atoms with van der Waals surface area (Å²) in [6.45, 7) is 5.00. The number of benzene rings is 1. The predicted octanol–water partition coefficient (Wildman–Crippen LogP) is 3.52. The quantitative estimate of drug-likeness (QED) is 0.825. The number of nitrogens with one attached hydrogen (secondary N) is 1. The number of hydrogen-bond donors (Lipinski definition) is 2. The third kappa shape index (κ3) is 3.75. The second-order valence-electron chi connectivity index (χ2n) is 6.20. The minimum Gasteiger partial charge on any atom is -0.398 e. The fourth-order valence-electron chi connectivity index (χ4n) is 3.21. The van der Waals surface area contributed by atoms with Crippen molar-refractivity contribution in [3.63, 3.8) is 0 Å². The Bertz CT molecular complexity index is 470. The molecule has 1 fully saturated rings. The van der Waals surface area contributed by atoms with Gasteiger partial charge in [-0.25, -0.2) is 0 Å². The van der Waals surface area contributed by atoms with Crippen LogP contribution in [0.3, 0.4) is 0 Å². The minimum atomic E-state index is -0.00124. The zero-order valence-electron chi connectivity index (χ0n) is 12.6. The lowest BCUT2D eigenvalue weighted by molar-refractivity contribution is 0.0949. The summed E-state index contributed by atoms with van der Waals surface area (Å²) >= 11 is 0. The van der Waals surface area contributed by atoms with Crippen LogP contribution in [0.4, 0.5) is 5.69 Å². The van der Waals surface area contributed by atoms with Crippen LogP contribution in [-0.4, -0.2) is 12.5 Å². The van der Waals surface area contributed by atoms with Crippen molar-refractivity contribution in [2.75, 3.05) is 12.3 Å². The van der Waals surface area contributed by atoms with Crippen molar-refractivity contribution < 1.29 is 4.79 Å². The Kier molecular flexibility index (Phi) is 5.05. The third-order valence-corrected chi connectivity index (χ3v) is 4.50. The van der Waals surface area contributed by atoms with Crippen molar-refractivity contribution in [3.05, 3.63) is 29.3 Å². The SMILES string of the molecule is Cc1c(N)cccc1C(=O)NCCC1CCCC(C)C1. The van der Waals surface area contributed by atoms with Crippen molar-refractivity contribution in [1.82, 2.24) is 5.32 Å². The molecule has 0 saturated heterocycles. The van der Waals surface area contributed by atoms with E-state index in [1.165, 1.54) is 25.7 Å². The molecule has 0 radical (unpaired) electrons. The van der Waals surface area contributed by atoms with Crippen LogP contribution in [0.15, 0.2) is 18.2 Å². The standard InChI is InChI=1S/C17H26N2O/c1-12-5-3-6-14(11-12)9-10-19-17(20)15-7-4-8-16(18)13(15)2/h4,7-8,12,14H,3,5-6,9-11,18H2,1-2H3,(H,19,20). The van der Waals surface area contributed by atoms with Crippen LogP contribution in [0.1, 0.15) is 54.9 Å². The number of anilines is 1. The van der Waals surface area contributed by atoms with Crippen molar-refractivity contribution >= 4 is 11.6 Å². The molecule has 1 saturated carbocycles. The van der Waals surface area contributed by atoms with Crippen molar-refractivity contribution in [1.29, 1.82) is 0 Å². The Morgan fingerprint density at radius 2 is 2.20 bits per heavy atom. The van der Waals surface area contributed by atoms with Gasteiger partial charge in [0.15, 0.2) is 0 Å². The van der Waals surface area contributed by atoms with Crippen LogP contribution in [0.2, 0.25) is 0 Å². The molecule has 3 nitrogen and oxygen atoms in total. The van der Waals surface area contributed by atoms with Crippen LogP contribution in [0, 0.1) is 18.8 Å². The molecule has 1 amide bonds. The number of rotatable bonds is 4. The van der Waals surface area contributed by atoms with E-state index in [2.05, 4.69) is 12.2 Å². The number of amides is 1. The van der Waals surface area contributed by atoms with Gasteiger partial charge in [0.2, 0.25) is 0 Å². The molecule has 1 aromatic rings. The van der Waals surface area contributed by atoms with Gasteiger partial charge in [0.1, 0.15) is 0 Å². The van der Waals surface area contributed by atoms with E-state index >= 15 is 0 Å². The molecule has 0 aliphatic heterocycles. The van der Waals surface area contributed by atoms with E-state index in [-0.39, 0.29) is 5.91 Å². The van der Waals surface area contributed by atoms with Gasteiger partial charge in [-0.2, -0.15) is 0 Å². The number of carbonyl (C=O) groups is 1. The monoisotopic (exact) mass is 274 g/mol. The Morgan fingerprint density at radius 3 is 2.95 bits per heavy atom. The summed E-state index contributed by atoms with van der Waals surface area (Å²) < 4.78 is 0. The Morgan fingerprint density at radius 1 is 1.40 bits per heavy atom. The van der Waals surface area contributed by atoms with Gasteiger partial charge in [-0.3, -0.25) is 4.79 Å². The topological polar surface area (TPSA) is 55.1 Å². The highest BCUT2D eigenvalue weighted by Crippen LogP contribution is 2.30. The molecule has 110 valence electrons. The Balaban J connectivity index is 1.82. The summed E-state index contributed by atoms with van der Waals surface area (Å²) in [6, 6.07) is 5.50. The first-order valence-electron chi connectivity index (χ1n) is 7.71. The summed E-state index contributed by atoms with van der Waals surface area (Å²) in [7, 11) is 0. The Labute approximate surface area is 121 Å². The molecule has 20 heavy (non-hydrogen) atoms. The molecule has 3 N–H and O–H groups in total. The maximum absolute atomic E-state index is 12.2. The number of nitrogen functional groups attached to an aromatic ring is 1. The van der Waals surface area contributed by atoms with Crippen LogP contribution in [-0.2, 0) is 0 Å². The maximum atomic E-state index is 12.2. The number of hydrogen-bond acceptors (Lipinski definition) is 2. The largest absolute Gasteiger partial charge is 0.398 e. The van der Waals surface area contributed by atoms with Crippen molar-refractivity contribution in [2.24, 2.45) is 11.8 Å². The lowest BCUT2D eigenvalue weighted by Crippen LogP contribution is -2.27. The average molecular weight is 274 g/mol. The number of nitrogens with two attached hydrogens (primary N) is 1. The van der Waals surface area contributed by atoms with Crippen molar-refractivity contribution in [3.8, 4) is 0 Å². The molecule has 0 heterocycles. The third-order valence-electron chi connectivity index (χ3n) is 4.50. The molecule has 2 rings (SSSR count). The van der Waals surface area contributed by atoms with Gasteiger partial charge in [-0.1, -0.05) is 32.3 Å². The van der Waals surface area contributed by atoms with Crippen LogP contribution >= 0.6 is 0 Å². The van der Waals surface area contributed by atoms with Gasteiger partial charge in [0, 0.05) is 17.8 Å². The number of carbonyl (C=O) groups excluding carboxylic acids is 1. The summed E-state index contributed by atoms with van der Waals surface area (Å²) in [5.41, 5.74) is 8.09. The Hall–Kier alpha value is -1.51. The summed E-state index contributed by atoms with van der Waals surface area (Å²) in [6.07, 6.45) is 6.43. The van der Waals surface area contributed by atoms with Gasteiger partial charge in [0.05, 0.1) is 0 Å². The van der Waals surface area contributed by atoms with Gasteiger partial charge in [-0.15, -0.1) is 0 Å². The lowest BCUT2D eigenvalue weighted by atomic mass is 9.81. The highest BCUT2D eigenvalue weighted by atomic mass is 16.1. The fourth-order valence-corrected chi connectivity index (χ4v) is 3.21. The molecular weight excluding hydrogens is 248 g/mol. The average Bonchev–Trinajstić information content (AvgIpc) is 2.42. The van der Waals surface area contributed by atoms with E-state index in [1.807, 2.05) is 25.1 Å². The molecule has 1 aliphatic rings. The molecule has 0 aromatic heterocycles. The van der Waals surface area contributed by atoms with Crippen LogP contribution < -0.4 is 11.1 Å². The predicted molar refractivity (Wildman–Crippen MR) is 83.7 cm³/mol. The molecule has 0 spiro atoms. The van der Waals surface area contributed by atoms with Gasteiger partial charge in [0.25, 0.3) is 5.91 Å². The van der Waals surface area contributed by atoms with E-state index < -0.39 is 0 Å². The summed E-state index contributed by atoms with van der Waals surface area (Å²) in [5, 5.41) is 3.03. The van der Waals surface area contributed by atoms with E-state index in [0.717, 1.165) is 30.4 Å². The van der Waals surface area contributed by atoms with Gasteiger partial charge < -0.3 is 11.1 Å². The van der Waals surface area contributed by atoms with Crippen molar-refractivity contribution in [2.45, 2.75) is 46.0 Å². The summed E-state index contributed by atoms with van der Waals surface area (Å²) in [4.78, 5) is 12.2. The van der Waals surface area contributed by atoms with Gasteiger partial charge >= 0.3 is 0 Å². The minimum absolute atomic E-state index is 0.00124. The molecule has 1 aliphatic carbocycles. The molecule has 2 atom stereocenters. The maximum Gasteiger partial charge on any atom is 0.251 e. The summed E-state index contributed by atoms with van der Waals surface area (Å²) in [5.74, 6) is 1.63. The molecule has 3 heteroatoms. The van der Waals surface area contributed by atoms with Crippen LogP contribution in [0.25, 0.3) is 0 Å². The van der Waals surface area contributed by atoms with Gasteiger partial charge in [-0.05, 0) is 49.3 Å². The highest BCUT2D eigenvalue weighted by Gasteiger charge is 2.19. The smallest absolute Gasteiger partial charge is 0.251 e. The molecule has 0 bridgehead atoms. The van der Waals surface area contributed by atoms with E-state index in [9.17, 15) is 4.79 Å². The molecule has 1 aromatic carbocycles. The normalized spacial score (nSPS) is 22.5. The zero-order valence-corrected chi connectivity index (χ0v) is 12.6. The second kappa shape index (κ2) is 6.78. The van der Waals surface area contributed by atoms with Crippen LogP contribution in [0.5, 0.6) is 0 Å². The van der Waals surface area contributed by atoms with E-state index in [1.54, 1.807) is 0 Å². The zero-order chi connectivity index (χ0) is 14.5. The highest BCUT2D eigenvalue weighted by molar-refractivity contribution is 5.96. The molecular formula is C17H26N2O. The first-order chi connectivity index (χ1) is 9.58. The first kappa shape index (κ1) is 14.9. The van der Waals surface area contributed by atoms with E-state index in [4.69, 9.17) is 5.73 Å². The molecule has 2 unspecified atom stereocenters. The first-order valence-corrected chi connectivity index (χ1v) is 7.71.